The van der Waals surface area contributed by atoms with Crippen molar-refractivity contribution in [3.05, 3.63) is 61.8 Å². The van der Waals surface area contributed by atoms with Crippen LogP contribution in [0.25, 0.3) is 0 Å². The minimum atomic E-state index is -0.674. The van der Waals surface area contributed by atoms with Crippen LogP contribution < -0.4 is 11.1 Å². The Labute approximate surface area is 139 Å². The summed E-state index contributed by atoms with van der Waals surface area (Å²) < 4.78 is 14.6. The van der Waals surface area contributed by atoms with Gasteiger partial charge in [0.1, 0.15) is 5.82 Å². The summed E-state index contributed by atoms with van der Waals surface area (Å²) in [6.07, 6.45) is 0. The second-order valence-corrected chi connectivity index (χ2v) is 6.00. The molecule has 0 heterocycles. The number of anilines is 1. The molecule has 0 aliphatic heterocycles. The first-order valence-electron chi connectivity index (χ1n) is 5.85. The van der Waals surface area contributed by atoms with Gasteiger partial charge in [-0.3, -0.25) is 4.79 Å². The van der Waals surface area contributed by atoms with Crippen molar-refractivity contribution in [2.75, 3.05) is 5.32 Å². The van der Waals surface area contributed by atoms with Crippen molar-refractivity contribution >= 4 is 50.7 Å². The van der Waals surface area contributed by atoms with E-state index >= 15 is 0 Å². The zero-order valence-electron chi connectivity index (χ0n) is 10.6. The molecule has 0 atom stereocenters. The van der Waals surface area contributed by atoms with Crippen LogP contribution in [0.4, 0.5) is 10.1 Å². The summed E-state index contributed by atoms with van der Waals surface area (Å²) in [5, 5.41) is 3.81. The molecule has 1 amide bonds. The molecule has 3 nitrogen and oxygen atoms in total. The van der Waals surface area contributed by atoms with Crippen molar-refractivity contribution in [3.8, 4) is 0 Å². The summed E-state index contributed by atoms with van der Waals surface area (Å²) in [5.41, 5.74) is 6.10. The molecule has 0 radical (unpaired) electrons. The van der Waals surface area contributed by atoms with Gasteiger partial charge in [0.25, 0.3) is 0 Å². The lowest BCUT2D eigenvalue weighted by Gasteiger charge is -2.12. The van der Waals surface area contributed by atoms with Crippen molar-refractivity contribution in [2.24, 2.45) is 5.73 Å². The van der Waals surface area contributed by atoms with Crippen molar-refractivity contribution in [1.29, 1.82) is 0 Å². The molecule has 2 aromatic carbocycles. The van der Waals surface area contributed by atoms with Gasteiger partial charge in [-0.25, -0.2) is 4.39 Å². The number of rotatable bonds is 4. The zero-order valence-corrected chi connectivity index (χ0v) is 13.7. The number of nitrogens with two attached hydrogens (primary N) is 1. The highest BCUT2D eigenvalue weighted by Crippen LogP contribution is 2.34. The maximum absolute atomic E-state index is 13.9. The maximum atomic E-state index is 13.9. The lowest BCUT2D eigenvalue weighted by molar-refractivity contribution is 0.1000. The molecule has 0 unspecified atom stereocenters. The Morgan fingerprint density at radius 1 is 1.24 bits per heavy atom. The Morgan fingerprint density at radius 2 is 1.86 bits per heavy atom. The van der Waals surface area contributed by atoms with Crippen LogP contribution in [0.1, 0.15) is 15.9 Å². The molecule has 0 saturated heterocycles. The Hall–Kier alpha value is -1.30. The zero-order chi connectivity index (χ0) is 15.6. The van der Waals surface area contributed by atoms with Crippen LogP contribution >= 0.6 is 39.1 Å². The molecule has 0 aromatic heterocycles. The number of hydrogen-bond donors (Lipinski definition) is 2. The molecule has 2 aromatic rings. The fraction of sp³-hybridized carbons (Fsp3) is 0.0714. The fourth-order valence-electron chi connectivity index (χ4n) is 1.74. The standard InChI is InChI=1S/C14H10BrCl2FN2O/c15-9-4-10(16)13(11(17)5-9)20-6-8-2-1-7(14(19)21)3-12(8)18/h1-5,20H,6H2,(H2,19,21). The SMILES string of the molecule is NC(=O)c1ccc(CNc2c(Cl)cc(Br)cc2Cl)c(F)c1. The van der Waals surface area contributed by atoms with Crippen LogP contribution in [0.3, 0.4) is 0 Å². The second-order valence-electron chi connectivity index (χ2n) is 4.27. The van der Waals surface area contributed by atoms with Gasteiger partial charge in [-0.05, 0) is 24.3 Å². The Morgan fingerprint density at radius 3 is 2.38 bits per heavy atom. The maximum Gasteiger partial charge on any atom is 0.248 e. The third-order valence-corrected chi connectivity index (χ3v) is 3.85. The number of benzene rings is 2. The van der Waals surface area contributed by atoms with Crippen molar-refractivity contribution < 1.29 is 9.18 Å². The molecule has 0 bridgehead atoms. The second kappa shape index (κ2) is 6.64. The summed E-state index contributed by atoms with van der Waals surface area (Å²) in [6, 6.07) is 7.42. The number of carbonyl (C=O) groups excluding carboxylic acids is 1. The van der Waals surface area contributed by atoms with E-state index in [-0.39, 0.29) is 12.1 Å². The van der Waals surface area contributed by atoms with Gasteiger partial charge in [-0.15, -0.1) is 0 Å². The van der Waals surface area contributed by atoms with Crippen LogP contribution in [0.2, 0.25) is 10.0 Å². The molecule has 2 rings (SSSR count). The first-order chi connectivity index (χ1) is 9.88. The number of amides is 1. The van der Waals surface area contributed by atoms with Gasteiger partial charge in [-0.1, -0.05) is 45.2 Å². The predicted molar refractivity (Wildman–Crippen MR) is 86.4 cm³/mol. The van der Waals surface area contributed by atoms with E-state index < -0.39 is 11.7 Å². The molecule has 0 saturated carbocycles. The highest BCUT2D eigenvalue weighted by atomic mass is 79.9. The molecule has 0 spiro atoms. The van der Waals surface area contributed by atoms with E-state index in [1.807, 2.05) is 0 Å². The number of hydrogen-bond acceptors (Lipinski definition) is 2. The lowest BCUT2D eigenvalue weighted by Crippen LogP contribution is -2.12. The van der Waals surface area contributed by atoms with E-state index in [0.717, 1.165) is 10.5 Å². The minimum Gasteiger partial charge on any atom is -0.378 e. The van der Waals surface area contributed by atoms with Gasteiger partial charge in [0.2, 0.25) is 5.91 Å². The van der Waals surface area contributed by atoms with Crippen LogP contribution in [0, 0.1) is 5.82 Å². The average Bonchev–Trinajstić information content (AvgIpc) is 2.38. The van der Waals surface area contributed by atoms with E-state index in [1.165, 1.54) is 12.1 Å². The first-order valence-corrected chi connectivity index (χ1v) is 7.40. The van der Waals surface area contributed by atoms with Gasteiger partial charge < -0.3 is 11.1 Å². The van der Waals surface area contributed by atoms with Crippen molar-refractivity contribution in [2.45, 2.75) is 6.54 Å². The Bertz CT molecular complexity index is 686. The summed E-state index contributed by atoms with van der Waals surface area (Å²) in [6.45, 7) is 0.173. The highest BCUT2D eigenvalue weighted by molar-refractivity contribution is 9.10. The number of primary amides is 1. The summed E-state index contributed by atoms with van der Waals surface area (Å²) >= 11 is 15.4. The molecular weight excluding hydrogens is 382 g/mol. The summed E-state index contributed by atoms with van der Waals surface area (Å²) in [4.78, 5) is 11.0. The third-order valence-electron chi connectivity index (χ3n) is 2.80. The monoisotopic (exact) mass is 390 g/mol. The third kappa shape index (κ3) is 3.87. The fourth-order valence-corrected chi connectivity index (χ4v) is 3.08. The normalized spacial score (nSPS) is 10.5. The molecular formula is C14H10BrCl2FN2O. The van der Waals surface area contributed by atoms with Gasteiger partial charge in [0.15, 0.2) is 0 Å². The van der Waals surface area contributed by atoms with E-state index in [1.54, 1.807) is 12.1 Å². The molecule has 21 heavy (non-hydrogen) atoms. The summed E-state index contributed by atoms with van der Waals surface area (Å²) in [5.74, 6) is -1.20. The quantitative estimate of drug-likeness (QED) is 0.799. The highest BCUT2D eigenvalue weighted by Gasteiger charge is 2.10. The summed E-state index contributed by atoms with van der Waals surface area (Å²) in [7, 11) is 0. The molecule has 7 heteroatoms. The molecule has 0 fully saturated rings. The number of carbonyl (C=O) groups is 1. The van der Waals surface area contributed by atoms with E-state index in [0.29, 0.717) is 21.3 Å². The minimum absolute atomic E-state index is 0.121. The van der Waals surface area contributed by atoms with Gasteiger partial charge in [-0.2, -0.15) is 0 Å². The van der Waals surface area contributed by atoms with Crippen molar-refractivity contribution in [1.82, 2.24) is 0 Å². The molecule has 0 aliphatic rings. The van der Waals surface area contributed by atoms with Crippen LogP contribution in [-0.4, -0.2) is 5.91 Å². The predicted octanol–water partition coefficient (Wildman–Crippen LogP) is 4.61. The lowest BCUT2D eigenvalue weighted by atomic mass is 10.1. The molecule has 0 aliphatic carbocycles. The van der Waals surface area contributed by atoms with Gasteiger partial charge in [0.05, 0.1) is 15.7 Å². The van der Waals surface area contributed by atoms with Gasteiger partial charge >= 0.3 is 0 Å². The number of halogens is 4. The smallest absolute Gasteiger partial charge is 0.248 e. The van der Waals surface area contributed by atoms with E-state index in [2.05, 4.69) is 21.2 Å². The number of nitrogens with one attached hydrogen (secondary N) is 1. The topological polar surface area (TPSA) is 55.1 Å². The van der Waals surface area contributed by atoms with E-state index in [9.17, 15) is 9.18 Å². The Balaban J connectivity index is 2.19. The molecule has 3 N–H and O–H groups in total. The largest absolute Gasteiger partial charge is 0.378 e. The van der Waals surface area contributed by atoms with Crippen LogP contribution in [-0.2, 0) is 6.54 Å². The van der Waals surface area contributed by atoms with Crippen molar-refractivity contribution in [3.63, 3.8) is 0 Å². The first kappa shape index (κ1) is 16.1. The van der Waals surface area contributed by atoms with E-state index in [4.69, 9.17) is 28.9 Å². The van der Waals surface area contributed by atoms with Gasteiger partial charge in [0, 0.05) is 22.1 Å². The average molecular weight is 392 g/mol. The van der Waals surface area contributed by atoms with Crippen LogP contribution in [0.15, 0.2) is 34.8 Å². The molecule has 110 valence electrons. The Kier molecular flexibility index (Phi) is 5.08. The van der Waals surface area contributed by atoms with Crippen LogP contribution in [0.5, 0.6) is 0 Å².